The topological polar surface area (TPSA) is 171 Å². The molecule has 0 amide bonds. The lowest BCUT2D eigenvalue weighted by molar-refractivity contribution is -0.297. The fourth-order valence-corrected chi connectivity index (χ4v) is 7.86. The SMILES string of the molecule is CC[C@H]1OC(=O)C(C)C(=O)[C@H](C)[C@@H](OC2OC(CNCC(=O)OC)CC(N(C)C)C2O)[C@](C)(OC)C[C@@H](C)CN[C@H](C)[C@H]2CC(=O)O[C@@]21C. The molecule has 0 saturated carbocycles. The molecule has 49 heavy (non-hydrogen) atoms. The first-order chi connectivity index (χ1) is 22.9. The Labute approximate surface area is 291 Å². The fourth-order valence-electron chi connectivity index (χ4n) is 7.86. The van der Waals surface area contributed by atoms with Crippen LogP contribution in [0, 0.1) is 23.7 Å². The smallest absolute Gasteiger partial charge is 0.319 e. The van der Waals surface area contributed by atoms with Gasteiger partial charge < -0.3 is 49.1 Å². The molecule has 3 aliphatic heterocycles. The van der Waals surface area contributed by atoms with Gasteiger partial charge in [-0.05, 0) is 73.5 Å². The summed E-state index contributed by atoms with van der Waals surface area (Å²) in [5.74, 6) is -4.22. The summed E-state index contributed by atoms with van der Waals surface area (Å²) >= 11 is 0. The van der Waals surface area contributed by atoms with Crippen molar-refractivity contribution in [2.24, 2.45) is 23.7 Å². The van der Waals surface area contributed by atoms with Crippen LogP contribution in [0.4, 0.5) is 0 Å². The predicted molar refractivity (Wildman–Crippen MR) is 179 cm³/mol. The maximum absolute atomic E-state index is 14.2. The van der Waals surface area contributed by atoms with E-state index in [1.54, 1.807) is 21.0 Å². The number of rotatable bonds is 9. The van der Waals surface area contributed by atoms with Crippen LogP contribution >= 0.6 is 0 Å². The average molecular weight is 700 g/mol. The number of hydrogen-bond donors (Lipinski definition) is 3. The molecular weight excluding hydrogens is 638 g/mol. The van der Waals surface area contributed by atoms with E-state index < -0.39 is 71.5 Å². The minimum absolute atomic E-state index is 0.00722. The molecular formula is C35H61N3O11. The van der Waals surface area contributed by atoms with Crippen LogP contribution in [-0.2, 0) is 47.6 Å². The highest BCUT2D eigenvalue weighted by molar-refractivity contribution is 6.00. The van der Waals surface area contributed by atoms with E-state index in [9.17, 15) is 24.3 Å². The molecule has 3 N–H and O–H groups in total. The predicted octanol–water partition coefficient (Wildman–Crippen LogP) is 1.45. The third-order valence-corrected chi connectivity index (χ3v) is 10.9. The van der Waals surface area contributed by atoms with Crippen LogP contribution < -0.4 is 10.6 Å². The number of likely N-dealkylation sites (N-methyl/N-ethyl adjacent to an activating group) is 1. The minimum Gasteiger partial charge on any atom is -0.468 e. The number of nitrogens with zero attached hydrogens (tertiary/aromatic N) is 1. The van der Waals surface area contributed by atoms with Crippen LogP contribution in [0.3, 0.4) is 0 Å². The number of carbonyl (C=O) groups excluding carboxylic acids is 4. The molecule has 5 unspecified atom stereocenters. The van der Waals surface area contributed by atoms with Crippen molar-refractivity contribution in [3.8, 4) is 0 Å². The molecule has 0 spiro atoms. The molecule has 0 radical (unpaired) electrons. The van der Waals surface area contributed by atoms with Crippen molar-refractivity contribution in [1.82, 2.24) is 15.5 Å². The minimum atomic E-state index is -1.17. The van der Waals surface area contributed by atoms with E-state index in [0.29, 0.717) is 32.4 Å². The normalized spacial score (nSPS) is 41.3. The van der Waals surface area contributed by atoms with Crippen LogP contribution in [0.2, 0.25) is 0 Å². The number of aliphatic hydroxyl groups excluding tert-OH is 1. The van der Waals surface area contributed by atoms with Crippen molar-refractivity contribution in [3.63, 3.8) is 0 Å². The van der Waals surface area contributed by atoms with E-state index >= 15 is 0 Å². The largest absolute Gasteiger partial charge is 0.468 e. The van der Waals surface area contributed by atoms with E-state index in [4.69, 9.17) is 28.4 Å². The van der Waals surface area contributed by atoms with Crippen LogP contribution in [0.25, 0.3) is 0 Å². The average Bonchev–Trinajstić information content (AvgIpc) is 3.38. The first-order valence-corrected chi connectivity index (χ1v) is 17.6. The van der Waals surface area contributed by atoms with Gasteiger partial charge in [-0.3, -0.25) is 19.2 Å². The van der Waals surface area contributed by atoms with E-state index in [2.05, 4.69) is 17.6 Å². The molecule has 0 aromatic rings. The van der Waals surface area contributed by atoms with Gasteiger partial charge in [0.25, 0.3) is 0 Å². The first-order valence-electron chi connectivity index (χ1n) is 17.6. The van der Waals surface area contributed by atoms with Gasteiger partial charge in [0.1, 0.15) is 18.1 Å². The van der Waals surface area contributed by atoms with Crippen LogP contribution in [-0.4, -0.2) is 136 Å². The zero-order valence-electron chi connectivity index (χ0n) is 31.3. The zero-order chi connectivity index (χ0) is 36.8. The Balaban J connectivity index is 1.99. The van der Waals surface area contributed by atoms with Crippen molar-refractivity contribution in [2.45, 2.75) is 128 Å². The lowest BCUT2D eigenvalue weighted by Gasteiger charge is -2.47. The lowest BCUT2D eigenvalue weighted by atomic mass is 9.78. The number of nitrogens with one attached hydrogen (secondary N) is 2. The molecule has 0 bridgehead atoms. The summed E-state index contributed by atoms with van der Waals surface area (Å²) in [4.78, 5) is 54.0. The Bertz CT molecular complexity index is 1160. The maximum atomic E-state index is 14.2. The third-order valence-electron chi connectivity index (χ3n) is 10.9. The summed E-state index contributed by atoms with van der Waals surface area (Å²) in [5, 5.41) is 18.1. The third kappa shape index (κ3) is 9.57. The highest BCUT2D eigenvalue weighted by Gasteiger charge is 2.55. The summed E-state index contributed by atoms with van der Waals surface area (Å²) in [6.45, 7) is 13.6. The standard InChI is InChI=1S/C35H61N3O11/c1-12-26-35(7)24(14-27(39)49-35)22(5)37-16-19(2)15-34(6,45-11)31(20(3)29(41)21(4)32(43)47-26)48-33-30(42)25(38(8)9)13-23(46-33)17-36-18-28(40)44-10/h19-26,30-31,33,36-37,42H,12-18H2,1-11H3/t19-,20+,21?,22-,23?,24-,25?,26-,30?,31-,33?,34-,35+/m1/s1. The number of ether oxygens (including phenoxy) is 6. The lowest BCUT2D eigenvalue weighted by Crippen LogP contribution is -2.60. The van der Waals surface area contributed by atoms with E-state index in [0.717, 1.165) is 0 Å². The Morgan fingerprint density at radius 3 is 2.39 bits per heavy atom. The number of Topliss-reactive ketones (excluding diaryl/α,β-unsaturated/α-hetero) is 1. The van der Waals surface area contributed by atoms with E-state index in [1.165, 1.54) is 14.0 Å². The van der Waals surface area contributed by atoms with Gasteiger partial charge >= 0.3 is 17.9 Å². The fraction of sp³-hybridized carbons (Fsp3) is 0.886. The Hall–Kier alpha value is -2.20. The van der Waals surface area contributed by atoms with Crippen molar-refractivity contribution < 1.29 is 52.7 Å². The van der Waals surface area contributed by atoms with Gasteiger partial charge in [0, 0.05) is 37.6 Å². The molecule has 13 atom stereocenters. The van der Waals surface area contributed by atoms with Crippen LogP contribution in [0.5, 0.6) is 0 Å². The van der Waals surface area contributed by atoms with Gasteiger partial charge in [0.2, 0.25) is 0 Å². The molecule has 14 nitrogen and oxygen atoms in total. The van der Waals surface area contributed by atoms with Gasteiger partial charge in [0.15, 0.2) is 17.7 Å². The van der Waals surface area contributed by atoms with E-state index in [1.807, 2.05) is 39.8 Å². The number of hydrogen-bond acceptors (Lipinski definition) is 14. The Kier molecular flexibility index (Phi) is 14.6. The van der Waals surface area contributed by atoms with Crippen molar-refractivity contribution in [1.29, 1.82) is 0 Å². The van der Waals surface area contributed by atoms with E-state index in [-0.39, 0.29) is 42.9 Å². The molecule has 3 fully saturated rings. The number of esters is 3. The second kappa shape index (κ2) is 17.3. The highest BCUT2D eigenvalue weighted by atomic mass is 16.7. The van der Waals surface area contributed by atoms with Gasteiger partial charge in [0.05, 0.1) is 37.9 Å². The Morgan fingerprint density at radius 2 is 1.80 bits per heavy atom. The number of carbonyl (C=O) groups is 4. The number of aliphatic hydroxyl groups is 1. The molecule has 14 heteroatoms. The van der Waals surface area contributed by atoms with Crippen molar-refractivity contribution in [2.75, 3.05) is 47.9 Å². The number of fused-ring (bicyclic) bond motifs is 1. The van der Waals surface area contributed by atoms with Gasteiger partial charge in [-0.2, -0.15) is 0 Å². The Morgan fingerprint density at radius 1 is 1.12 bits per heavy atom. The summed E-state index contributed by atoms with van der Waals surface area (Å²) in [6.07, 6.45) is -2.91. The molecule has 3 heterocycles. The molecule has 0 aromatic carbocycles. The quantitative estimate of drug-likeness (QED) is 0.179. The van der Waals surface area contributed by atoms with Gasteiger partial charge in [-0.15, -0.1) is 0 Å². The maximum Gasteiger partial charge on any atom is 0.319 e. The first kappa shape index (κ1) is 41.2. The molecule has 3 rings (SSSR count). The van der Waals surface area contributed by atoms with Crippen LogP contribution in [0.15, 0.2) is 0 Å². The summed E-state index contributed by atoms with van der Waals surface area (Å²) in [6, 6.07) is -0.515. The second-order valence-corrected chi connectivity index (χ2v) is 14.9. The van der Waals surface area contributed by atoms with Gasteiger partial charge in [-0.25, -0.2) is 0 Å². The summed E-state index contributed by atoms with van der Waals surface area (Å²) in [5.41, 5.74) is -2.14. The van der Waals surface area contributed by atoms with Crippen LogP contribution in [0.1, 0.15) is 74.1 Å². The highest BCUT2D eigenvalue weighted by Crippen LogP contribution is 2.41. The molecule has 0 aliphatic carbocycles. The molecule has 3 aliphatic rings. The number of methoxy groups -OCH3 is 2. The summed E-state index contributed by atoms with van der Waals surface area (Å²) < 4.78 is 35.7. The molecule has 0 aromatic heterocycles. The number of ketones is 1. The van der Waals surface area contributed by atoms with Crippen molar-refractivity contribution in [3.05, 3.63) is 0 Å². The zero-order valence-corrected chi connectivity index (χ0v) is 31.3. The molecule has 282 valence electrons. The van der Waals surface area contributed by atoms with Gasteiger partial charge in [-0.1, -0.05) is 20.8 Å². The summed E-state index contributed by atoms with van der Waals surface area (Å²) in [7, 11) is 6.58. The molecule has 3 saturated heterocycles. The second-order valence-electron chi connectivity index (χ2n) is 14.9. The monoisotopic (exact) mass is 699 g/mol. The number of cyclic esters (lactones) is 1. The van der Waals surface area contributed by atoms with Crippen molar-refractivity contribution >= 4 is 23.7 Å².